The SMILES string of the molecule is CCCN(OCC)C(=O)C1=Cc2ncc(C(=O)O)cc2N=C(N(C(c2ccccc2)(c2ccccc2)c2ccccc2)C(c2ccccc2)(c2ccccc2)c2ccccc2)C1. The minimum absolute atomic E-state index is 0.0212. The molecular weight excluding hydrogens is 769 g/mol. The van der Waals surface area contributed by atoms with E-state index in [0.29, 0.717) is 42.4 Å². The maximum absolute atomic E-state index is 15.0. The summed E-state index contributed by atoms with van der Waals surface area (Å²) >= 11 is 0. The Bertz CT molecular complexity index is 2350. The van der Waals surface area contributed by atoms with Gasteiger partial charge in [0, 0.05) is 24.7 Å². The van der Waals surface area contributed by atoms with Crippen LogP contribution in [0.3, 0.4) is 0 Å². The molecule has 0 atom stereocenters. The van der Waals surface area contributed by atoms with E-state index in [1.807, 2.05) is 50.2 Å². The number of hydrogen-bond acceptors (Lipinski definition) is 6. The van der Waals surface area contributed by atoms with Gasteiger partial charge in [-0.1, -0.05) is 189 Å². The molecule has 6 aromatic carbocycles. The minimum atomic E-state index is -1.20. The predicted molar refractivity (Wildman–Crippen MR) is 245 cm³/mol. The number of carbonyl (C=O) groups is 2. The fourth-order valence-corrected chi connectivity index (χ4v) is 8.85. The summed E-state index contributed by atoms with van der Waals surface area (Å²) in [6.07, 6.45) is 3.74. The fraction of sp³-hybridized carbons (Fsp3) is 0.148. The van der Waals surface area contributed by atoms with Gasteiger partial charge in [0.15, 0.2) is 0 Å². The Morgan fingerprint density at radius 1 is 0.613 bits per heavy atom. The van der Waals surface area contributed by atoms with Crippen molar-refractivity contribution in [3.63, 3.8) is 0 Å². The molecule has 1 amide bonds. The molecule has 0 spiro atoms. The van der Waals surface area contributed by atoms with Crippen LogP contribution < -0.4 is 0 Å². The Morgan fingerprint density at radius 2 is 1.00 bits per heavy atom. The molecule has 1 aliphatic rings. The van der Waals surface area contributed by atoms with Crippen molar-refractivity contribution in [1.82, 2.24) is 14.9 Å². The van der Waals surface area contributed by atoms with Gasteiger partial charge in [-0.05, 0) is 58.9 Å². The molecule has 1 N–H and O–H groups in total. The first-order valence-corrected chi connectivity index (χ1v) is 21.0. The first kappa shape index (κ1) is 41.3. The van der Waals surface area contributed by atoms with Crippen LogP contribution in [0.4, 0.5) is 5.69 Å². The lowest BCUT2D eigenvalue weighted by Crippen LogP contribution is -2.62. The summed E-state index contributed by atoms with van der Waals surface area (Å²) in [5, 5.41) is 11.7. The van der Waals surface area contributed by atoms with E-state index in [0.717, 1.165) is 33.4 Å². The number of carboxylic acid groups (broad SMARTS) is 1. The van der Waals surface area contributed by atoms with Gasteiger partial charge in [0.2, 0.25) is 0 Å². The van der Waals surface area contributed by atoms with Crippen molar-refractivity contribution in [3.8, 4) is 0 Å². The summed E-state index contributed by atoms with van der Waals surface area (Å²) < 4.78 is 0. The van der Waals surface area contributed by atoms with Crippen LogP contribution in [0, 0.1) is 0 Å². The normalized spacial score (nSPS) is 12.6. The van der Waals surface area contributed by atoms with Crippen LogP contribution in [-0.4, -0.2) is 50.9 Å². The maximum Gasteiger partial charge on any atom is 0.337 e. The second-order valence-electron chi connectivity index (χ2n) is 15.1. The zero-order valence-corrected chi connectivity index (χ0v) is 34.8. The van der Waals surface area contributed by atoms with Crippen molar-refractivity contribution in [2.45, 2.75) is 37.8 Å². The van der Waals surface area contributed by atoms with E-state index < -0.39 is 17.0 Å². The number of hydroxylamine groups is 2. The highest BCUT2D eigenvalue weighted by Gasteiger charge is 2.56. The molecule has 0 radical (unpaired) electrons. The summed E-state index contributed by atoms with van der Waals surface area (Å²) in [6.45, 7) is 4.52. The maximum atomic E-state index is 15.0. The Balaban J connectivity index is 1.63. The van der Waals surface area contributed by atoms with E-state index >= 15 is 4.79 Å². The Labute approximate surface area is 363 Å². The topological polar surface area (TPSA) is 95.3 Å². The fourth-order valence-electron chi connectivity index (χ4n) is 8.85. The van der Waals surface area contributed by atoms with Crippen LogP contribution in [0.2, 0.25) is 0 Å². The highest BCUT2D eigenvalue weighted by molar-refractivity contribution is 6.06. The molecular formula is C54H48N4O4. The zero-order valence-electron chi connectivity index (χ0n) is 34.8. The smallest absolute Gasteiger partial charge is 0.337 e. The molecule has 0 unspecified atom stereocenters. The summed E-state index contributed by atoms with van der Waals surface area (Å²) in [7, 11) is 0. The molecule has 0 bridgehead atoms. The summed E-state index contributed by atoms with van der Waals surface area (Å²) in [5.74, 6) is -0.968. The molecule has 2 heterocycles. The first-order valence-electron chi connectivity index (χ1n) is 21.0. The molecule has 0 fully saturated rings. The molecule has 1 aliphatic heterocycles. The Kier molecular flexibility index (Phi) is 12.3. The number of aromatic nitrogens is 1. The number of aromatic carboxylic acids is 1. The van der Waals surface area contributed by atoms with Crippen LogP contribution >= 0.6 is 0 Å². The second-order valence-corrected chi connectivity index (χ2v) is 15.1. The molecule has 0 saturated carbocycles. The van der Waals surface area contributed by atoms with Crippen molar-refractivity contribution in [2.24, 2.45) is 4.99 Å². The number of rotatable bonds is 14. The number of aliphatic imine (C=N–C) groups is 1. The highest BCUT2D eigenvalue weighted by Crippen LogP contribution is 2.55. The molecule has 8 nitrogen and oxygen atoms in total. The van der Waals surface area contributed by atoms with E-state index in [4.69, 9.17) is 9.83 Å². The Hall–Kier alpha value is -7.42. The number of hydrogen-bond donors (Lipinski definition) is 1. The Morgan fingerprint density at radius 3 is 1.34 bits per heavy atom. The average molecular weight is 817 g/mol. The van der Waals surface area contributed by atoms with Crippen LogP contribution in [0.5, 0.6) is 0 Å². The van der Waals surface area contributed by atoms with Crippen molar-refractivity contribution >= 4 is 29.5 Å². The average Bonchev–Trinajstić information content (AvgIpc) is 3.52. The molecule has 8 rings (SSSR count). The van der Waals surface area contributed by atoms with Crippen LogP contribution in [-0.2, 0) is 20.7 Å². The summed E-state index contributed by atoms with van der Waals surface area (Å²) in [5.41, 5.74) is 4.27. The van der Waals surface area contributed by atoms with Crippen LogP contribution in [0.15, 0.2) is 205 Å². The van der Waals surface area contributed by atoms with Gasteiger partial charge in [0.05, 0.1) is 23.6 Å². The van der Waals surface area contributed by atoms with Gasteiger partial charge in [-0.25, -0.2) is 14.9 Å². The van der Waals surface area contributed by atoms with Crippen molar-refractivity contribution < 1.29 is 19.5 Å². The molecule has 1 aromatic heterocycles. The van der Waals surface area contributed by atoms with Gasteiger partial charge in [-0.3, -0.25) is 14.6 Å². The van der Waals surface area contributed by atoms with Gasteiger partial charge in [-0.15, -0.1) is 0 Å². The first-order chi connectivity index (χ1) is 30.4. The lowest BCUT2D eigenvalue weighted by Gasteiger charge is -2.57. The third-order valence-corrected chi connectivity index (χ3v) is 11.3. The number of benzene rings is 6. The van der Waals surface area contributed by atoms with Gasteiger partial charge in [-0.2, -0.15) is 0 Å². The zero-order chi connectivity index (χ0) is 42.9. The summed E-state index contributed by atoms with van der Waals surface area (Å²) in [4.78, 5) is 46.3. The molecule has 0 saturated heterocycles. The van der Waals surface area contributed by atoms with Crippen LogP contribution in [0.1, 0.15) is 76.1 Å². The van der Waals surface area contributed by atoms with E-state index in [2.05, 4.69) is 155 Å². The third-order valence-electron chi connectivity index (χ3n) is 11.3. The molecule has 7 aromatic rings. The van der Waals surface area contributed by atoms with Gasteiger partial charge >= 0.3 is 5.97 Å². The molecule has 62 heavy (non-hydrogen) atoms. The number of amidine groups is 1. The number of fused-ring (bicyclic) bond motifs is 1. The number of carbonyl (C=O) groups excluding carboxylic acids is 1. The number of pyridine rings is 1. The van der Waals surface area contributed by atoms with Gasteiger partial charge in [0.25, 0.3) is 5.91 Å². The largest absolute Gasteiger partial charge is 0.478 e. The number of amides is 1. The van der Waals surface area contributed by atoms with E-state index in [-0.39, 0.29) is 17.9 Å². The van der Waals surface area contributed by atoms with Gasteiger partial charge in [0.1, 0.15) is 16.9 Å². The van der Waals surface area contributed by atoms with Gasteiger partial charge < -0.3 is 10.0 Å². The highest BCUT2D eigenvalue weighted by atomic mass is 16.7. The minimum Gasteiger partial charge on any atom is -0.478 e. The molecule has 0 aliphatic carbocycles. The number of carboxylic acids is 1. The second kappa shape index (κ2) is 18.5. The lowest BCUT2D eigenvalue weighted by atomic mass is 9.67. The van der Waals surface area contributed by atoms with Crippen molar-refractivity contribution in [3.05, 3.63) is 244 Å². The molecule has 308 valence electrons. The monoisotopic (exact) mass is 816 g/mol. The third kappa shape index (κ3) is 7.61. The van der Waals surface area contributed by atoms with E-state index in [1.165, 1.54) is 11.3 Å². The quantitative estimate of drug-likeness (QED) is 0.0868. The lowest BCUT2D eigenvalue weighted by molar-refractivity contribution is -0.180. The standard InChI is InChI=1S/C54H48N4O4/c1-3-35-57(62-4-2)51(59)40-36-48-49(37-41(39-55-48)52(60)61)56-50(38-40)58(53(42-23-11-5-12-24-42,43-25-13-6-14-26-43)44-27-15-7-16-28-44)54(45-29-17-8-18-30-45,46-31-19-9-20-32-46)47-33-21-10-22-34-47/h5-34,36-37,39H,3-4,35,38H2,1-2H3,(H,60,61). The van der Waals surface area contributed by atoms with E-state index in [9.17, 15) is 9.90 Å². The predicted octanol–water partition coefficient (Wildman–Crippen LogP) is 11.1. The number of nitrogens with zero attached hydrogens (tertiary/aromatic N) is 4. The summed E-state index contributed by atoms with van der Waals surface area (Å²) in [6, 6.07) is 64.0. The van der Waals surface area contributed by atoms with E-state index in [1.54, 1.807) is 12.1 Å². The molecule has 8 heteroatoms. The van der Waals surface area contributed by atoms with Crippen molar-refractivity contribution in [2.75, 3.05) is 13.2 Å². The van der Waals surface area contributed by atoms with Crippen LogP contribution in [0.25, 0.3) is 6.08 Å². The van der Waals surface area contributed by atoms with Crippen molar-refractivity contribution in [1.29, 1.82) is 0 Å².